The highest BCUT2D eigenvalue weighted by molar-refractivity contribution is 6.07. The Labute approximate surface area is 129 Å². The third kappa shape index (κ3) is 1.96. The van der Waals surface area contributed by atoms with Crippen molar-refractivity contribution in [2.45, 2.75) is 12.0 Å². The molecular weight excluding hydrogens is 311 g/mol. The molecule has 0 aromatic heterocycles. The van der Waals surface area contributed by atoms with Crippen LogP contribution in [0.5, 0.6) is 11.5 Å². The number of amides is 1. The minimum Gasteiger partial charge on any atom is -0.454 e. The van der Waals surface area contributed by atoms with Crippen molar-refractivity contribution in [3.8, 4) is 11.5 Å². The summed E-state index contributed by atoms with van der Waals surface area (Å²) in [7, 11) is 0. The van der Waals surface area contributed by atoms with Crippen molar-refractivity contribution in [3.63, 3.8) is 0 Å². The van der Waals surface area contributed by atoms with Gasteiger partial charge in [0.25, 0.3) is 0 Å². The lowest BCUT2D eigenvalue weighted by Gasteiger charge is -2.46. The first-order valence-electron chi connectivity index (χ1n) is 6.85. The van der Waals surface area contributed by atoms with Gasteiger partial charge in [0.2, 0.25) is 6.79 Å². The Morgan fingerprint density at radius 1 is 1.04 bits per heavy atom. The Hall–Kier alpha value is -2.70. The van der Waals surface area contributed by atoms with Crippen molar-refractivity contribution in [1.29, 1.82) is 0 Å². The van der Waals surface area contributed by atoms with E-state index in [4.69, 9.17) is 9.47 Å². The van der Waals surface area contributed by atoms with Crippen molar-refractivity contribution >= 4 is 11.6 Å². The third-order valence-corrected chi connectivity index (χ3v) is 3.93. The molecule has 2 aliphatic heterocycles. The zero-order valence-corrected chi connectivity index (χ0v) is 11.6. The summed E-state index contributed by atoms with van der Waals surface area (Å²) in [6, 6.07) is 7.75. The minimum atomic E-state index is -3.53. The van der Waals surface area contributed by atoms with E-state index in [-0.39, 0.29) is 18.0 Å². The number of nitrogens with zero attached hydrogens (tertiary/aromatic N) is 1. The Morgan fingerprint density at radius 3 is 2.48 bits per heavy atom. The lowest BCUT2D eigenvalue weighted by molar-refractivity contribution is -0.162. The van der Waals surface area contributed by atoms with Crippen LogP contribution in [0, 0.1) is 5.82 Å². The van der Waals surface area contributed by atoms with E-state index in [1.807, 2.05) is 0 Å². The van der Waals surface area contributed by atoms with Crippen LogP contribution in [0.2, 0.25) is 0 Å². The Morgan fingerprint density at radius 2 is 1.74 bits per heavy atom. The van der Waals surface area contributed by atoms with Gasteiger partial charge < -0.3 is 9.47 Å². The van der Waals surface area contributed by atoms with E-state index in [9.17, 15) is 18.0 Å². The van der Waals surface area contributed by atoms with Crippen LogP contribution < -0.4 is 14.4 Å². The number of carbonyl (C=O) groups is 1. The molecular formula is C16H10F3NO3. The van der Waals surface area contributed by atoms with Crippen LogP contribution >= 0.6 is 0 Å². The van der Waals surface area contributed by atoms with E-state index >= 15 is 0 Å². The molecule has 0 bridgehead atoms. The number of benzene rings is 2. The molecule has 2 aromatic rings. The van der Waals surface area contributed by atoms with Gasteiger partial charge in [0.05, 0.1) is 0 Å². The maximum absolute atomic E-state index is 14.1. The summed E-state index contributed by atoms with van der Waals surface area (Å²) in [5, 5.41) is 0. The summed E-state index contributed by atoms with van der Waals surface area (Å²) >= 11 is 0. The van der Waals surface area contributed by atoms with E-state index in [1.165, 1.54) is 24.3 Å². The predicted molar refractivity (Wildman–Crippen MR) is 74.1 cm³/mol. The first-order chi connectivity index (χ1) is 11.0. The second-order valence-corrected chi connectivity index (χ2v) is 5.29. The third-order valence-electron chi connectivity index (χ3n) is 3.93. The first kappa shape index (κ1) is 13.9. The second-order valence-electron chi connectivity index (χ2n) is 5.29. The standard InChI is InChI=1S/C16H10F3NO3/c17-10-3-1-9(2-4-10)14-16(18,19)15(21)20(14)11-5-6-12-13(7-11)23-8-22-12/h1-7,14H,8H2/t14-/m0/s1. The van der Waals surface area contributed by atoms with Gasteiger partial charge in [-0.15, -0.1) is 0 Å². The van der Waals surface area contributed by atoms with Crippen LogP contribution in [0.4, 0.5) is 18.9 Å². The van der Waals surface area contributed by atoms with Gasteiger partial charge in [0.15, 0.2) is 11.5 Å². The van der Waals surface area contributed by atoms with Gasteiger partial charge in [0.1, 0.15) is 11.9 Å². The van der Waals surface area contributed by atoms with Crippen molar-refractivity contribution in [2.24, 2.45) is 0 Å². The lowest BCUT2D eigenvalue weighted by Crippen LogP contribution is -2.64. The smallest absolute Gasteiger partial charge is 0.349 e. The molecule has 1 atom stereocenters. The summed E-state index contributed by atoms with van der Waals surface area (Å²) in [6.07, 6.45) is 0. The molecule has 0 spiro atoms. The minimum absolute atomic E-state index is 0.0459. The van der Waals surface area contributed by atoms with Gasteiger partial charge in [-0.1, -0.05) is 12.1 Å². The van der Waals surface area contributed by atoms with Crippen molar-refractivity contribution in [3.05, 3.63) is 53.8 Å². The zero-order chi connectivity index (χ0) is 16.2. The van der Waals surface area contributed by atoms with Crippen LogP contribution in [0.1, 0.15) is 11.6 Å². The van der Waals surface area contributed by atoms with Gasteiger partial charge in [-0.05, 0) is 29.8 Å². The highest BCUT2D eigenvalue weighted by atomic mass is 19.3. The summed E-state index contributed by atoms with van der Waals surface area (Å²) < 4.78 is 51.5. The maximum atomic E-state index is 14.1. The number of alkyl halides is 2. The van der Waals surface area contributed by atoms with E-state index in [1.54, 1.807) is 6.07 Å². The maximum Gasteiger partial charge on any atom is 0.349 e. The summed E-state index contributed by atoms with van der Waals surface area (Å²) in [6.45, 7) is 0.0459. The molecule has 4 nitrogen and oxygen atoms in total. The monoisotopic (exact) mass is 321 g/mol. The van der Waals surface area contributed by atoms with Gasteiger partial charge in [-0.25, -0.2) is 4.39 Å². The number of β-lactam (4-membered cyclic amide) rings is 1. The number of fused-ring (bicyclic) bond motifs is 1. The Balaban J connectivity index is 1.74. The molecule has 4 rings (SSSR count). The van der Waals surface area contributed by atoms with E-state index in [0.29, 0.717) is 11.5 Å². The molecule has 2 aliphatic rings. The molecule has 1 amide bonds. The molecule has 2 aromatic carbocycles. The number of rotatable bonds is 2. The highest BCUT2D eigenvalue weighted by Crippen LogP contribution is 2.51. The Kier molecular flexibility index (Phi) is 2.81. The lowest BCUT2D eigenvalue weighted by atomic mass is 9.89. The number of anilines is 1. The average Bonchev–Trinajstić information content (AvgIpc) is 3.00. The van der Waals surface area contributed by atoms with Gasteiger partial charge in [-0.2, -0.15) is 8.78 Å². The zero-order valence-electron chi connectivity index (χ0n) is 11.6. The fraction of sp³-hybridized carbons (Fsp3) is 0.188. The number of ether oxygens (including phenoxy) is 2. The van der Waals surface area contributed by atoms with Crippen LogP contribution in [0.25, 0.3) is 0 Å². The molecule has 0 N–H and O–H groups in total. The van der Waals surface area contributed by atoms with Gasteiger partial charge in [0, 0.05) is 11.8 Å². The largest absolute Gasteiger partial charge is 0.454 e. The molecule has 118 valence electrons. The van der Waals surface area contributed by atoms with Gasteiger partial charge >= 0.3 is 11.8 Å². The molecule has 0 saturated carbocycles. The summed E-state index contributed by atoms with van der Waals surface area (Å²) in [5.41, 5.74) is 0.438. The van der Waals surface area contributed by atoms with Gasteiger partial charge in [-0.3, -0.25) is 9.69 Å². The molecule has 2 heterocycles. The average molecular weight is 321 g/mol. The fourth-order valence-corrected chi connectivity index (χ4v) is 2.80. The number of carbonyl (C=O) groups excluding carboxylic acids is 1. The fourth-order valence-electron chi connectivity index (χ4n) is 2.80. The summed E-state index contributed by atoms with van der Waals surface area (Å²) in [4.78, 5) is 12.8. The van der Waals surface area contributed by atoms with E-state index in [0.717, 1.165) is 17.0 Å². The number of hydrogen-bond donors (Lipinski definition) is 0. The molecule has 1 saturated heterocycles. The predicted octanol–water partition coefficient (Wildman–Crippen LogP) is 3.28. The topological polar surface area (TPSA) is 38.8 Å². The molecule has 7 heteroatoms. The van der Waals surface area contributed by atoms with Crippen LogP contribution in [0.3, 0.4) is 0 Å². The Bertz CT molecular complexity index is 792. The number of hydrogen-bond acceptors (Lipinski definition) is 3. The molecule has 0 radical (unpaired) electrons. The second kappa shape index (κ2) is 4.65. The van der Waals surface area contributed by atoms with Crippen LogP contribution in [-0.2, 0) is 4.79 Å². The number of halogens is 3. The molecule has 23 heavy (non-hydrogen) atoms. The van der Waals surface area contributed by atoms with Crippen molar-refractivity contribution < 1.29 is 27.4 Å². The molecule has 1 fully saturated rings. The normalized spacial score (nSPS) is 21.3. The first-order valence-corrected chi connectivity index (χ1v) is 6.85. The quantitative estimate of drug-likeness (QED) is 0.797. The molecule has 0 aliphatic carbocycles. The SMILES string of the molecule is O=C1N(c2ccc3c(c2)OCO3)[C@@H](c2ccc(F)cc2)C1(F)F. The van der Waals surface area contributed by atoms with Crippen molar-refractivity contribution in [2.75, 3.05) is 11.7 Å². The van der Waals surface area contributed by atoms with Crippen molar-refractivity contribution in [1.82, 2.24) is 0 Å². The van der Waals surface area contributed by atoms with E-state index in [2.05, 4.69) is 0 Å². The van der Waals surface area contributed by atoms with E-state index < -0.39 is 23.7 Å². The summed E-state index contributed by atoms with van der Waals surface area (Å²) in [5.74, 6) is -4.48. The van der Waals surface area contributed by atoms with Crippen LogP contribution in [-0.4, -0.2) is 18.6 Å². The highest BCUT2D eigenvalue weighted by Gasteiger charge is 2.64. The molecule has 0 unspecified atom stereocenters. The van der Waals surface area contributed by atoms with Crippen LogP contribution in [0.15, 0.2) is 42.5 Å².